The van der Waals surface area contributed by atoms with Gasteiger partial charge < -0.3 is 5.73 Å². The number of anilines is 1. The molecule has 0 aliphatic heterocycles. The summed E-state index contributed by atoms with van der Waals surface area (Å²) in [6.07, 6.45) is 2.55. The highest BCUT2D eigenvalue weighted by molar-refractivity contribution is 5.75. The molecule has 3 aromatic rings. The number of benzene rings is 1. The van der Waals surface area contributed by atoms with Crippen molar-refractivity contribution < 1.29 is 0 Å². The first-order valence-electron chi connectivity index (χ1n) is 7.54. The largest absolute Gasteiger partial charge is 0.382 e. The summed E-state index contributed by atoms with van der Waals surface area (Å²) in [5.41, 5.74) is 10.2. The summed E-state index contributed by atoms with van der Waals surface area (Å²) in [7, 11) is 0. The maximum Gasteiger partial charge on any atom is 0.276 e. The highest BCUT2D eigenvalue weighted by atomic mass is 16.1. The van der Waals surface area contributed by atoms with E-state index in [1.54, 1.807) is 0 Å². The SMILES string of the molecule is Cc1ccc(N=Nc2c(N)[nH]n3c(=O)c4c(nc23)CCC4)cc1. The second kappa shape index (κ2) is 5.05. The van der Waals surface area contributed by atoms with Crippen LogP contribution in [0.25, 0.3) is 5.65 Å². The number of H-pyrrole nitrogens is 1. The van der Waals surface area contributed by atoms with Crippen molar-refractivity contribution in [3.63, 3.8) is 0 Å². The van der Waals surface area contributed by atoms with E-state index < -0.39 is 0 Å². The van der Waals surface area contributed by atoms with Crippen LogP contribution in [0.4, 0.5) is 17.2 Å². The third-order valence-electron chi connectivity index (χ3n) is 4.10. The van der Waals surface area contributed by atoms with Gasteiger partial charge in [-0.15, -0.1) is 5.11 Å². The molecule has 2 heterocycles. The van der Waals surface area contributed by atoms with E-state index in [0.29, 0.717) is 11.3 Å². The van der Waals surface area contributed by atoms with Crippen molar-refractivity contribution in [2.24, 2.45) is 10.2 Å². The third-order valence-corrected chi connectivity index (χ3v) is 4.10. The number of azo groups is 1. The minimum atomic E-state index is -0.0917. The third kappa shape index (κ3) is 2.21. The molecule has 4 rings (SSSR count). The molecule has 0 amide bonds. The van der Waals surface area contributed by atoms with E-state index in [1.807, 2.05) is 31.2 Å². The Bertz CT molecular complexity index is 980. The molecule has 0 spiro atoms. The Morgan fingerprint density at radius 2 is 2.00 bits per heavy atom. The zero-order valence-corrected chi connectivity index (χ0v) is 12.7. The Kier molecular flexibility index (Phi) is 3.00. The van der Waals surface area contributed by atoms with E-state index in [9.17, 15) is 4.79 Å². The first kappa shape index (κ1) is 13.7. The van der Waals surface area contributed by atoms with E-state index in [0.717, 1.165) is 41.8 Å². The number of hydrogen-bond acceptors (Lipinski definition) is 5. The van der Waals surface area contributed by atoms with Gasteiger partial charge in [0.1, 0.15) is 5.82 Å². The van der Waals surface area contributed by atoms with Crippen LogP contribution < -0.4 is 11.3 Å². The average molecular weight is 308 g/mol. The average Bonchev–Trinajstić information content (AvgIpc) is 3.12. The molecule has 0 saturated heterocycles. The molecule has 0 bridgehead atoms. The normalized spacial score (nSPS) is 14.0. The van der Waals surface area contributed by atoms with E-state index in [2.05, 4.69) is 20.3 Å². The second-order valence-electron chi connectivity index (χ2n) is 5.76. The fourth-order valence-corrected chi connectivity index (χ4v) is 2.86. The zero-order valence-electron chi connectivity index (χ0n) is 12.7. The van der Waals surface area contributed by atoms with Gasteiger partial charge in [0.2, 0.25) is 0 Å². The van der Waals surface area contributed by atoms with E-state index in [4.69, 9.17) is 5.73 Å². The standard InChI is InChI=1S/C16H16N6O/c1-9-5-7-10(8-6-9)19-20-13-14(17)21-22-15(13)18-12-4-2-3-11(12)16(22)23/h5-8,21H,2-4,17H2,1H3. The predicted molar refractivity (Wildman–Crippen MR) is 87.6 cm³/mol. The van der Waals surface area contributed by atoms with Gasteiger partial charge in [0, 0.05) is 5.56 Å². The Balaban J connectivity index is 1.84. The number of aromatic amines is 1. The molecule has 0 saturated carbocycles. The highest BCUT2D eigenvalue weighted by Gasteiger charge is 2.21. The van der Waals surface area contributed by atoms with Crippen molar-refractivity contribution in [3.8, 4) is 0 Å². The van der Waals surface area contributed by atoms with E-state index in [1.165, 1.54) is 4.52 Å². The lowest BCUT2D eigenvalue weighted by Gasteiger charge is -1.99. The van der Waals surface area contributed by atoms with Crippen LogP contribution in [0.2, 0.25) is 0 Å². The number of nitrogens with two attached hydrogens (primary N) is 1. The minimum Gasteiger partial charge on any atom is -0.382 e. The van der Waals surface area contributed by atoms with Crippen molar-refractivity contribution in [2.75, 3.05) is 5.73 Å². The van der Waals surface area contributed by atoms with Crippen molar-refractivity contribution in [1.82, 2.24) is 14.6 Å². The molecule has 2 aromatic heterocycles. The summed E-state index contributed by atoms with van der Waals surface area (Å²) in [4.78, 5) is 17.0. The molecule has 0 radical (unpaired) electrons. The molecule has 1 aliphatic carbocycles. The molecule has 7 heteroatoms. The second-order valence-corrected chi connectivity index (χ2v) is 5.76. The maximum atomic E-state index is 12.5. The van der Waals surface area contributed by atoms with E-state index >= 15 is 0 Å². The van der Waals surface area contributed by atoms with Crippen LogP contribution in [-0.2, 0) is 12.8 Å². The fourth-order valence-electron chi connectivity index (χ4n) is 2.86. The summed E-state index contributed by atoms with van der Waals surface area (Å²) in [6.45, 7) is 2.01. The van der Waals surface area contributed by atoms with Crippen LogP contribution in [0.3, 0.4) is 0 Å². The molecule has 1 aliphatic rings. The van der Waals surface area contributed by atoms with Crippen molar-refractivity contribution in [3.05, 3.63) is 51.4 Å². The van der Waals surface area contributed by atoms with Crippen LogP contribution in [0.5, 0.6) is 0 Å². The van der Waals surface area contributed by atoms with Gasteiger partial charge in [-0.3, -0.25) is 9.89 Å². The van der Waals surface area contributed by atoms with Crippen molar-refractivity contribution in [2.45, 2.75) is 26.2 Å². The Hall–Kier alpha value is -2.96. The maximum absolute atomic E-state index is 12.5. The highest BCUT2D eigenvalue weighted by Crippen LogP contribution is 2.29. The van der Waals surface area contributed by atoms with Crippen LogP contribution in [-0.4, -0.2) is 14.6 Å². The van der Waals surface area contributed by atoms with Crippen molar-refractivity contribution in [1.29, 1.82) is 0 Å². The number of nitrogens with one attached hydrogen (secondary N) is 1. The zero-order chi connectivity index (χ0) is 16.0. The molecule has 0 fully saturated rings. The molecule has 116 valence electrons. The predicted octanol–water partition coefficient (Wildman–Crippen LogP) is 2.82. The van der Waals surface area contributed by atoms with E-state index in [-0.39, 0.29) is 11.4 Å². The molecular formula is C16H16N6O. The van der Waals surface area contributed by atoms with Gasteiger partial charge in [-0.1, -0.05) is 17.7 Å². The quantitative estimate of drug-likeness (QED) is 0.712. The molecular weight excluding hydrogens is 292 g/mol. The number of rotatable bonds is 2. The number of nitrogen functional groups attached to an aromatic ring is 1. The van der Waals surface area contributed by atoms with Crippen LogP contribution in [0.1, 0.15) is 23.2 Å². The number of nitrogens with zero attached hydrogens (tertiary/aromatic N) is 4. The van der Waals surface area contributed by atoms with Gasteiger partial charge in [0.05, 0.1) is 11.4 Å². The molecule has 0 atom stereocenters. The van der Waals surface area contributed by atoms with Gasteiger partial charge >= 0.3 is 0 Å². The summed E-state index contributed by atoms with van der Waals surface area (Å²) in [5.74, 6) is 0.286. The fraction of sp³-hybridized carbons (Fsp3) is 0.250. The molecule has 0 unspecified atom stereocenters. The first-order valence-corrected chi connectivity index (χ1v) is 7.54. The lowest BCUT2D eigenvalue weighted by molar-refractivity contribution is 0.874. The van der Waals surface area contributed by atoms with Gasteiger partial charge in [-0.05, 0) is 38.3 Å². The lowest BCUT2D eigenvalue weighted by atomic mass is 10.2. The lowest BCUT2D eigenvalue weighted by Crippen LogP contribution is -2.20. The molecule has 1 aromatic carbocycles. The summed E-state index contributed by atoms with van der Waals surface area (Å²) in [6, 6.07) is 7.67. The topological polar surface area (TPSA) is 101 Å². The van der Waals surface area contributed by atoms with Gasteiger partial charge in [-0.25, -0.2) is 4.98 Å². The smallest absolute Gasteiger partial charge is 0.276 e. The monoisotopic (exact) mass is 308 g/mol. The Labute approximate surface area is 131 Å². The number of hydrogen-bond donors (Lipinski definition) is 2. The van der Waals surface area contributed by atoms with Gasteiger partial charge in [0.25, 0.3) is 5.56 Å². The van der Waals surface area contributed by atoms with Crippen LogP contribution in [0.15, 0.2) is 39.3 Å². The minimum absolute atomic E-state index is 0.0917. The van der Waals surface area contributed by atoms with Crippen LogP contribution >= 0.6 is 0 Å². The number of aryl methyl sites for hydroxylation is 2. The van der Waals surface area contributed by atoms with Crippen LogP contribution in [0, 0.1) is 6.92 Å². The van der Waals surface area contributed by atoms with Gasteiger partial charge in [-0.2, -0.15) is 9.63 Å². The Morgan fingerprint density at radius 3 is 2.78 bits per heavy atom. The summed E-state index contributed by atoms with van der Waals surface area (Å²) in [5, 5.41) is 11.2. The molecule has 3 N–H and O–H groups in total. The van der Waals surface area contributed by atoms with Crippen molar-refractivity contribution >= 4 is 22.8 Å². The Morgan fingerprint density at radius 1 is 1.22 bits per heavy atom. The number of fused-ring (bicyclic) bond motifs is 2. The summed E-state index contributed by atoms with van der Waals surface area (Å²) < 4.78 is 1.36. The van der Waals surface area contributed by atoms with Gasteiger partial charge in [0.15, 0.2) is 11.3 Å². The molecule has 7 nitrogen and oxygen atoms in total. The first-order chi connectivity index (χ1) is 11.1. The molecule has 23 heavy (non-hydrogen) atoms. The summed E-state index contributed by atoms with van der Waals surface area (Å²) >= 11 is 0. The number of aromatic nitrogens is 3.